The van der Waals surface area contributed by atoms with Crippen LogP contribution in [0.5, 0.6) is 5.75 Å². The topological polar surface area (TPSA) is 104 Å². The van der Waals surface area contributed by atoms with Gasteiger partial charge in [-0.05, 0) is 67.6 Å². The van der Waals surface area contributed by atoms with E-state index in [9.17, 15) is 14.4 Å². The van der Waals surface area contributed by atoms with Crippen LogP contribution in [0.4, 0.5) is 4.79 Å². The number of hydrogen-bond donors (Lipinski definition) is 1. The molecule has 2 aliphatic heterocycles. The molecule has 1 aromatic heterocycles. The zero-order valence-corrected chi connectivity index (χ0v) is 20.0. The number of methoxy groups -OCH3 is 1. The van der Waals surface area contributed by atoms with E-state index in [4.69, 9.17) is 9.15 Å². The maximum Gasteiger partial charge on any atom is 0.325 e. The summed E-state index contributed by atoms with van der Waals surface area (Å²) in [7, 11) is 1.60. The number of urea groups is 1. The van der Waals surface area contributed by atoms with Gasteiger partial charge in [0.05, 0.1) is 19.1 Å². The van der Waals surface area contributed by atoms with Gasteiger partial charge in [0, 0.05) is 6.42 Å². The van der Waals surface area contributed by atoms with Gasteiger partial charge in [0.1, 0.15) is 29.6 Å². The van der Waals surface area contributed by atoms with Crippen molar-refractivity contribution >= 4 is 23.6 Å². The van der Waals surface area contributed by atoms with E-state index in [1.165, 1.54) is 5.01 Å². The zero-order valence-electron chi connectivity index (χ0n) is 20.0. The Balaban J connectivity index is 1.37. The molecule has 4 amide bonds. The van der Waals surface area contributed by atoms with Crippen molar-refractivity contribution in [2.24, 2.45) is 11.0 Å². The fourth-order valence-electron chi connectivity index (χ4n) is 5.42. The number of imide groups is 1. The highest BCUT2D eigenvalue weighted by atomic mass is 16.5. The highest BCUT2D eigenvalue weighted by Gasteiger charge is 2.53. The summed E-state index contributed by atoms with van der Waals surface area (Å²) in [4.78, 5) is 40.6. The molecular formula is C26H30N4O5. The molecule has 0 bridgehead atoms. The van der Waals surface area contributed by atoms with Gasteiger partial charge in [0.2, 0.25) is 0 Å². The molecule has 1 aromatic carbocycles. The highest BCUT2D eigenvalue weighted by molar-refractivity contribution is 6.09. The first-order valence-corrected chi connectivity index (χ1v) is 12.1. The molecule has 184 valence electrons. The van der Waals surface area contributed by atoms with E-state index in [1.54, 1.807) is 32.4 Å². The number of rotatable bonds is 6. The van der Waals surface area contributed by atoms with Gasteiger partial charge in [-0.25, -0.2) is 9.80 Å². The van der Waals surface area contributed by atoms with Crippen LogP contribution in [0.3, 0.4) is 0 Å². The van der Waals surface area contributed by atoms with Crippen LogP contribution in [-0.4, -0.2) is 52.7 Å². The summed E-state index contributed by atoms with van der Waals surface area (Å²) in [6.07, 6.45) is 7.03. The van der Waals surface area contributed by atoms with Crippen LogP contribution in [0, 0.1) is 5.92 Å². The molecule has 2 atom stereocenters. The second kappa shape index (κ2) is 9.20. The molecule has 35 heavy (non-hydrogen) atoms. The number of hydrazone groups is 1. The Morgan fingerprint density at radius 3 is 2.57 bits per heavy atom. The molecule has 2 fully saturated rings. The second-order valence-electron chi connectivity index (χ2n) is 9.61. The number of nitrogens with zero attached hydrogens (tertiary/aromatic N) is 3. The van der Waals surface area contributed by atoms with Crippen LogP contribution in [0.15, 0.2) is 52.2 Å². The van der Waals surface area contributed by atoms with Gasteiger partial charge in [-0.3, -0.25) is 14.5 Å². The van der Waals surface area contributed by atoms with Gasteiger partial charge in [-0.1, -0.05) is 19.3 Å². The third-order valence-corrected chi connectivity index (χ3v) is 7.48. The number of carbonyl (C=O) groups is 3. The molecule has 2 aromatic rings. The van der Waals surface area contributed by atoms with E-state index in [0.29, 0.717) is 17.9 Å². The third-order valence-electron chi connectivity index (χ3n) is 7.48. The van der Waals surface area contributed by atoms with Crippen molar-refractivity contribution in [1.29, 1.82) is 0 Å². The third kappa shape index (κ3) is 4.19. The molecule has 1 saturated carbocycles. The first-order chi connectivity index (χ1) is 16.9. The van der Waals surface area contributed by atoms with Crippen LogP contribution < -0.4 is 10.1 Å². The lowest BCUT2D eigenvalue weighted by Crippen LogP contribution is -2.51. The Kier molecular flexibility index (Phi) is 6.08. The maximum atomic E-state index is 13.4. The Labute approximate surface area is 204 Å². The van der Waals surface area contributed by atoms with Crippen LogP contribution in [-0.2, 0) is 9.59 Å². The van der Waals surface area contributed by atoms with Gasteiger partial charge in [-0.15, -0.1) is 0 Å². The smallest absolute Gasteiger partial charge is 0.325 e. The lowest BCUT2D eigenvalue weighted by atomic mass is 9.75. The van der Waals surface area contributed by atoms with E-state index in [1.807, 2.05) is 24.3 Å². The van der Waals surface area contributed by atoms with Gasteiger partial charge >= 0.3 is 6.03 Å². The molecular weight excluding hydrogens is 448 g/mol. The van der Waals surface area contributed by atoms with Crippen molar-refractivity contribution in [2.45, 2.75) is 57.0 Å². The minimum Gasteiger partial charge on any atom is -0.497 e. The summed E-state index contributed by atoms with van der Waals surface area (Å²) < 4.78 is 10.8. The van der Waals surface area contributed by atoms with E-state index < -0.39 is 23.5 Å². The molecule has 0 spiro atoms. The largest absolute Gasteiger partial charge is 0.497 e. The number of benzene rings is 1. The van der Waals surface area contributed by atoms with Crippen LogP contribution in [0.25, 0.3) is 0 Å². The number of hydrogen-bond acceptors (Lipinski definition) is 6. The van der Waals surface area contributed by atoms with E-state index in [0.717, 1.165) is 48.3 Å². The monoisotopic (exact) mass is 478 g/mol. The minimum absolute atomic E-state index is 0.0788. The van der Waals surface area contributed by atoms with E-state index >= 15 is 0 Å². The molecule has 3 heterocycles. The first kappa shape index (κ1) is 23.1. The van der Waals surface area contributed by atoms with Crippen LogP contribution in [0.2, 0.25) is 0 Å². The fraction of sp³-hybridized carbons (Fsp3) is 0.462. The highest BCUT2D eigenvalue weighted by Crippen LogP contribution is 2.37. The summed E-state index contributed by atoms with van der Waals surface area (Å²) >= 11 is 0. The fourth-order valence-corrected chi connectivity index (χ4v) is 5.42. The second-order valence-corrected chi connectivity index (χ2v) is 9.61. The van der Waals surface area contributed by atoms with Crippen molar-refractivity contribution < 1.29 is 23.5 Å². The molecule has 1 saturated heterocycles. The SMILES string of the molecule is COc1ccc(C2=NN(C(=O)CN3C(=O)N[C@@](C)(C4CCCCC4)C3=O)[C@@H](c3ccco3)C2)cc1. The van der Waals surface area contributed by atoms with Crippen molar-refractivity contribution in [2.75, 3.05) is 13.7 Å². The van der Waals surface area contributed by atoms with Crippen molar-refractivity contribution in [1.82, 2.24) is 15.2 Å². The summed E-state index contributed by atoms with van der Waals surface area (Å²) in [5.74, 6) is 0.620. The number of carbonyl (C=O) groups excluding carboxylic acids is 3. The molecule has 9 nitrogen and oxygen atoms in total. The lowest BCUT2D eigenvalue weighted by Gasteiger charge is -2.34. The molecule has 0 unspecified atom stereocenters. The zero-order chi connectivity index (χ0) is 24.6. The van der Waals surface area contributed by atoms with Crippen LogP contribution >= 0.6 is 0 Å². The summed E-state index contributed by atoms with van der Waals surface area (Å²) in [5, 5.41) is 8.82. The molecule has 1 aliphatic carbocycles. The van der Waals surface area contributed by atoms with Gasteiger partial charge in [0.15, 0.2) is 0 Å². The van der Waals surface area contributed by atoms with E-state index in [2.05, 4.69) is 10.4 Å². The summed E-state index contributed by atoms with van der Waals surface area (Å²) in [6, 6.07) is 10.0. The average molecular weight is 479 g/mol. The summed E-state index contributed by atoms with van der Waals surface area (Å²) in [5.41, 5.74) is 0.602. The lowest BCUT2D eigenvalue weighted by molar-refractivity contribution is -0.141. The van der Waals surface area contributed by atoms with Crippen molar-refractivity contribution in [3.8, 4) is 5.75 Å². The normalized spacial score (nSPS) is 25.1. The molecule has 3 aliphatic rings. The van der Waals surface area contributed by atoms with Gasteiger partial charge < -0.3 is 14.5 Å². The van der Waals surface area contributed by atoms with Crippen molar-refractivity contribution in [3.05, 3.63) is 54.0 Å². The number of furan rings is 1. The Bertz CT molecular complexity index is 1140. The Morgan fingerprint density at radius 2 is 1.91 bits per heavy atom. The first-order valence-electron chi connectivity index (χ1n) is 12.1. The average Bonchev–Trinajstić information content (AvgIpc) is 3.61. The molecule has 1 N–H and O–H groups in total. The van der Waals surface area contributed by atoms with E-state index in [-0.39, 0.29) is 18.4 Å². The summed E-state index contributed by atoms with van der Waals surface area (Å²) in [6.45, 7) is 1.42. The quantitative estimate of drug-likeness (QED) is 0.635. The number of amides is 4. The Hall–Kier alpha value is -3.62. The van der Waals surface area contributed by atoms with Gasteiger partial charge in [0.25, 0.3) is 11.8 Å². The van der Waals surface area contributed by atoms with Crippen molar-refractivity contribution in [3.63, 3.8) is 0 Å². The predicted molar refractivity (Wildman–Crippen MR) is 128 cm³/mol. The van der Waals surface area contributed by atoms with Gasteiger partial charge in [-0.2, -0.15) is 5.10 Å². The van der Waals surface area contributed by atoms with Crippen LogP contribution in [0.1, 0.15) is 62.8 Å². The maximum absolute atomic E-state index is 13.4. The molecule has 0 radical (unpaired) electrons. The molecule has 9 heteroatoms. The Morgan fingerprint density at radius 1 is 1.17 bits per heavy atom. The predicted octanol–water partition coefficient (Wildman–Crippen LogP) is 3.86. The number of ether oxygens (including phenoxy) is 1. The standard InChI is InChI=1S/C26H30N4O5/c1-26(18-7-4-3-5-8-18)24(32)29(25(33)27-26)16-23(31)30-21(22-9-6-14-35-22)15-20(28-30)17-10-12-19(34-2)13-11-17/h6,9-14,18,21H,3-5,7-8,15-16H2,1-2H3,(H,27,33)/t21-,26+/m1/s1. The minimum atomic E-state index is -0.971. The molecule has 5 rings (SSSR count). The number of nitrogens with one attached hydrogen (secondary N) is 1.